The van der Waals surface area contributed by atoms with Gasteiger partial charge in [0.1, 0.15) is 17.8 Å². The summed E-state index contributed by atoms with van der Waals surface area (Å²) in [4.78, 5) is 15.1. The van der Waals surface area contributed by atoms with Crippen molar-refractivity contribution in [2.45, 2.75) is 70.5 Å². The Kier molecular flexibility index (Phi) is 10.1. The quantitative estimate of drug-likeness (QED) is 0.358. The van der Waals surface area contributed by atoms with Crippen LogP contribution in [0.25, 0.3) is 0 Å². The third kappa shape index (κ3) is 8.13. The molecule has 208 valence electrons. The van der Waals surface area contributed by atoms with E-state index in [-0.39, 0.29) is 13.2 Å². The molecule has 1 N–H and O–H groups in total. The third-order valence-electron chi connectivity index (χ3n) is 6.56. The first-order chi connectivity index (χ1) is 18.9. The van der Waals surface area contributed by atoms with Crippen LogP contribution in [0.2, 0.25) is 0 Å². The predicted molar refractivity (Wildman–Crippen MR) is 149 cm³/mol. The largest absolute Gasteiger partial charge is 0.444 e. The minimum Gasteiger partial charge on any atom is -0.444 e. The number of rotatable bonds is 11. The van der Waals surface area contributed by atoms with E-state index in [1.165, 1.54) is 0 Å². The minimum absolute atomic E-state index is 0.190. The second kappa shape index (κ2) is 13.7. The maximum absolute atomic E-state index is 13.5. The number of amides is 1. The van der Waals surface area contributed by atoms with Crippen LogP contribution in [0.4, 0.5) is 4.79 Å². The van der Waals surface area contributed by atoms with E-state index in [2.05, 4.69) is 0 Å². The highest BCUT2D eigenvalue weighted by Gasteiger charge is 2.53. The smallest absolute Gasteiger partial charge is 0.411 e. The molecule has 0 aromatic heterocycles. The van der Waals surface area contributed by atoms with E-state index in [1.54, 1.807) is 4.90 Å². The van der Waals surface area contributed by atoms with E-state index in [1.807, 2.05) is 112 Å². The van der Waals surface area contributed by atoms with Gasteiger partial charge >= 0.3 is 6.09 Å². The molecule has 0 radical (unpaired) electrons. The summed E-state index contributed by atoms with van der Waals surface area (Å²) in [6.07, 6.45) is -1.69. The van der Waals surface area contributed by atoms with E-state index in [0.29, 0.717) is 19.8 Å². The Morgan fingerprint density at radius 2 is 1.15 bits per heavy atom. The normalized spacial score (nSPS) is 21.2. The van der Waals surface area contributed by atoms with Gasteiger partial charge < -0.3 is 24.1 Å². The van der Waals surface area contributed by atoms with Crippen LogP contribution in [0.5, 0.6) is 0 Å². The molecule has 0 aliphatic carbocycles. The summed E-state index contributed by atoms with van der Waals surface area (Å²) >= 11 is 0. The molecule has 0 spiro atoms. The molecule has 7 nitrogen and oxygen atoms in total. The lowest BCUT2D eigenvalue weighted by atomic mass is 10.1. The Hall–Kier alpha value is -3.23. The van der Waals surface area contributed by atoms with Crippen molar-refractivity contribution in [3.05, 3.63) is 108 Å². The monoisotopic (exact) mass is 533 g/mol. The Balaban J connectivity index is 1.61. The predicted octanol–water partition coefficient (Wildman–Crippen LogP) is 5.35. The molecule has 0 unspecified atom stereocenters. The van der Waals surface area contributed by atoms with Crippen LogP contribution in [0.1, 0.15) is 37.5 Å². The van der Waals surface area contributed by atoms with E-state index >= 15 is 0 Å². The summed E-state index contributed by atoms with van der Waals surface area (Å²) in [5.74, 6) is 0. The Labute approximate surface area is 231 Å². The fourth-order valence-corrected chi connectivity index (χ4v) is 4.77. The molecule has 7 heteroatoms. The van der Waals surface area contributed by atoms with Crippen LogP contribution in [0.3, 0.4) is 0 Å². The summed E-state index contributed by atoms with van der Waals surface area (Å²) in [5.41, 5.74) is 2.30. The molecule has 0 bridgehead atoms. The van der Waals surface area contributed by atoms with Gasteiger partial charge in [0.15, 0.2) is 0 Å². The lowest BCUT2D eigenvalue weighted by Gasteiger charge is -2.32. The molecular weight excluding hydrogens is 494 g/mol. The number of carbonyl (C=O) groups is 1. The zero-order valence-electron chi connectivity index (χ0n) is 22.9. The lowest BCUT2D eigenvalue weighted by molar-refractivity contribution is -0.0888. The number of aliphatic hydroxyl groups is 1. The zero-order valence-corrected chi connectivity index (χ0v) is 22.9. The summed E-state index contributed by atoms with van der Waals surface area (Å²) in [6, 6.07) is 28.3. The first-order valence-electron chi connectivity index (χ1n) is 13.4. The van der Waals surface area contributed by atoms with Gasteiger partial charge in [0.2, 0.25) is 0 Å². The van der Waals surface area contributed by atoms with Gasteiger partial charge in [0.05, 0.1) is 45.1 Å². The molecule has 39 heavy (non-hydrogen) atoms. The number of nitrogens with zero attached hydrogens (tertiary/aromatic N) is 1. The number of aliphatic hydroxyl groups excluding tert-OH is 1. The number of likely N-dealkylation sites (tertiary alicyclic amines) is 1. The van der Waals surface area contributed by atoms with Gasteiger partial charge in [-0.1, -0.05) is 91.0 Å². The molecular formula is C32H39NO6. The molecule has 3 aromatic carbocycles. The first kappa shape index (κ1) is 28.8. The Morgan fingerprint density at radius 3 is 1.59 bits per heavy atom. The van der Waals surface area contributed by atoms with E-state index in [4.69, 9.17) is 18.9 Å². The van der Waals surface area contributed by atoms with Gasteiger partial charge in [-0.15, -0.1) is 0 Å². The van der Waals surface area contributed by atoms with Gasteiger partial charge in [0, 0.05) is 0 Å². The van der Waals surface area contributed by atoms with Crippen LogP contribution in [0, 0.1) is 0 Å². The highest BCUT2D eigenvalue weighted by atomic mass is 16.6. The van der Waals surface area contributed by atoms with Crippen LogP contribution < -0.4 is 0 Å². The van der Waals surface area contributed by atoms with Crippen molar-refractivity contribution in [1.29, 1.82) is 0 Å². The molecule has 1 fully saturated rings. The number of ether oxygens (including phenoxy) is 4. The highest BCUT2D eigenvalue weighted by molar-refractivity contribution is 5.70. The molecule has 1 amide bonds. The second-order valence-corrected chi connectivity index (χ2v) is 10.7. The van der Waals surface area contributed by atoms with Gasteiger partial charge in [-0.05, 0) is 37.5 Å². The van der Waals surface area contributed by atoms with Gasteiger partial charge in [0.25, 0.3) is 0 Å². The van der Waals surface area contributed by atoms with Crippen molar-refractivity contribution in [2.75, 3.05) is 13.2 Å². The van der Waals surface area contributed by atoms with Crippen molar-refractivity contribution >= 4 is 6.09 Å². The Morgan fingerprint density at radius 1 is 0.718 bits per heavy atom. The van der Waals surface area contributed by atoms with Crippen molar-refractivity contribution < 1.29 is 28.8 Å². The summed E-state index contributed by atoms with van der Waals surface area (Å²) < 4.78 is 24.8. The first-order valence-corrected chi connectivity index (χ1v) is 13.4. The van der Waals surface area contributed by atoms with Gasteiger partial charge in [-0.25, -0.2) is 4.79 Å². The third-order valence-corrected chi connectivity index (χ3v) is 6.56. The van der Waals surface area contributed by atoms with Crippen LogP contribution in [-0.2, 0) is 38.8 Å². The van der Waals surface area contributed by atoms with Crippen LogP contribution >= 0.6 is 0 Å². The summed E-state index contributed by atoms with van der Waals surface area (Å²) in [7, 11) is 0. The Bertz CT molecular complexity index is 1140. The molecule has 0 saturated carbocycles. The van der Waals surface area contributed by atoms with E-state index < -0.39 is 36.0 Å². The van der Waals surface area contributed by atoms with Crippen LogP contribution in [-0.4, -0.2) is 59.2 Å². The van der Waals surface area contributed by atoms with Crippen LogP contribution in [0.15, 0.2) is 91.0 Å². The second-order valence-electron chi connectivity index (χ2n) is 10.7. The molecule has 1 aliphatic heterocycles. The number of hydrogen-bond donors (Lipinski definition) is 1. The average Bonchev–Trinajstić information content (AvgIpc) is 3.23. The molecule has 4 rings (SSSR count). The van der Waals surface area contributed by atoms with Gasteiger partial charge in [-0.2, -0.15) is 0 Å². The molecule has 3 aromatic rings. The highest BCUT2D eigenvalue weighted by Crippen LogP contribution is 2.33. The van der Waals surface area contributed by atoms with E-state index in [0.717, 1.165) is 16.7 Å². The topological polar surface area (TPSA) is 77.5 Å². The van der Waals surface area contributed by atoms with Crippen molar-refractivity contribution in [3.63, 3.8) is 0 Å². The van der Waals surface area contributed by atoms with Crippen molar-refractivity contribution in [1.82, 2.24) is 4.90 Å². The summed E-state index contributed by atoms with van der Waals surface area (Å²) in [6.45, 7) is 6.37. The van der Waals surface area contributed by atoms with Gasteiger partial charge in [-0.3, -0.25) is 4.90 Å². The molecule has 4 atom stereocenters. The van der Waals surface area contributed by atoms with Crippen molar-refractivity contribution in [2.24, 2.45) is 0 Å². The maximum Gasteiger partial charge on any atom is 0.411 e. The minimum atomic E-state index is -0.712. The summed E-state index contributed by atoms with van der Waals surface area (Å²) in [5, 5.41) is 10.5. The van der Waals surface area contributed by atoms with Crippen molar-refractivity contribution in [3.8, 4) is 0 Å². The zero-order chi connectivity index (χ0) is 27.7. The average molecular weight is 534 g/mol. The number of hydrogen-bond acceptors (Lipinski definition) is 6. The molecule has 1 saturated heterocycles. The molecule has 1 heterocycles. The number of carbonyl (C=O) groups excluding carboxylic acids is 1. The van der Waals surface area contributed by atoms with E-state index in [9.17, 15) is 9.90 Å². The fourth-order valence-electron chi connectivity index (χ4n) is 4.77. The molecule has 1 aliphatic rings. The maximum atomic E-state index is 13.5. The number of benzene rings is 3. The SMILES string of the molecule is CC(C)(C)OC(=O)N1[C@H](CO)[C@H](OCc2ccccc2)[C@H](OCc2ccccc2)[C@@H]1COCc1ccccc1. The fraction of sp³-hybridized carbons (Fsp3) is 0.406. The lowest BCUT2D eigenvalue weighted by Crippen LogP contribution is -2.49. The standard InChI is InChI=1S/C32H39NO6/c1-32(2,3)39-31(35)33-27(19-34)29(37-21-25-15-9-5-10-16-25)30(38-22-26-17-11-6-12-18-26)28(33)23-36-20-24-13-7-4-8-14-24/h4-18,27-30,34H,19-23H2,1-3H3/t27-,28+,29+,30-/m1/s1.